The quantitative estimate of drug-likeness (QED) is 0.740. The molecule has 0 spiro atoms. The van der Waals surface area contributed by atoms with Crippen LogP contribution in [-0.4, -0.2) is 19.0 Å². The third kappa shape index (κ3) is 2.61. The van der Waals surface area contributed by atoms with Crippen LogP contribution in [0, 0.1) is 0 Å². The topological polar surface area (TPSA) is 29.3 Å². The van der Waals surface area contributed by atoms with E-state index in [2.05, 4.69) is 31.1 Å². The van der Waals surface area contributed by atoms with Crippen LogP contribution in [0.5, 0.6) is 0 Å². The van der Waals surface area contributed by atoms with E-state index in [9.17, 15) is 0 Å². The largest absolute Gasteiger partial charge is 0.326 e. The molecule has 2 N–H and O–H groups in total. The van der Waals surface area contributed by atoms with Gasteiger partial charge in [0.2, 0.25) is 0 Å². The van der Waals surface area contributed by atoms with Crippen molar-refractivity contribution in [1.82, 2.24) is 4.90 Å². The monoisotopic (exact) mass is 170 g/mol. The fourth-order valence-electron chi connectivity index (χ4n) is 0.929. The molecule has 0 atom stereocenters. The van der Waals surface area contributed by atoms with Crippen molar-refractivity contribution >= 4 is 11.3 Å². The van der Waals surface area contributed by atoms with Crippen LogP contribution >= 0.6 is 11.3 Å². The molecule has 0 unspecified atom stereocenters. The van der Waals surface area contributed by atoms with Crippen LogP contribution in [0.3, 0.4) is 0 Å². The Morgan fingerprint density at radius 2 is 2.00 bits per heavy atom. The second-order valence-electron chi connectivity index (χ2n) is 2.81. The van der Waals surface area contributed by atoms with Crippen molar-refractivity contribution in [3.05, 3.63) is 21.9 Å². The van der Waals surface area contributed by atoms with E-state index in [0.29, 0.717) is 6.54 Å². The summed E-state index contributed by atoms with van der Waals surface area (Å²) in [6.45, 7) is 1.68. The highest BCUT2D eigenvalue weighted by Crippen LogP contribution is 2.16. The molecule has 0 saturated heterocycles. The van der Waals surface area contributed by atoms with Gasteiger partial charge in [-0.2, -0.15) is 0 Å². The van der Waals surface area contributed by atoms with Crippen LogP contribution in [0.25, 0.3) is 0 Å². The van der Waals surface area contributed by atoms with Gasteiger partial charge < -0.3 is 10.6 Å². The summed E-state index contributed by atoms with van der Waals surface area (Å²) in [5.74, 6) is 0. The molecule has 0 saturated carbocycles. The predicted octanol–water partition coefficient (Wildman–Crippen LogP) is 1.27. The lowest BCUT2D eigenvalue weighted by molar-refractivity contribution is 0.406. The summed E-state index contributed by atoms with van der Waals surface area (Å²) in [6.07, 6.45) is 0. The Bertz CT molecular complexity index is 218. The van der Waals surface area contributed by atoms with E-state index < -0.39 is 0 Å². The predicted molar refractivity (Wildman–Crippen MR) is 49.6 cm³/mol. The van der Waals surface area contributed by atoms with Crippen LogP contribution in [0.2, 0.25) is 0 Å². The molecule has 0 aliphatic rings. The number of nitrogens with zero attached hydrogens (tertiary/aromatic N) is 1. The van der Waals surface area contributed by atoms with Gasteiger partial charge >= 0.3 is 0 Å². The fourth-order valence-corrected chi connectivity index (χ4v) is 1.94. The van der Waals surface area contributed by atoms with Crippen LogP contribution in [0.4, 0.5) is 0 Å². The van der Waals surface area contributed by atoms with Gasteiger partial charge in [-0.05, 0) is 26.2 Å². The minimum absolute atomic E-state index is 0.665. The molecule has 0 bridgehead atoms. The highest BCUT2D eigenvalue weighted by atomic mass is 32.1. The highest BCUT2D eigenvalue weighted by molar-refractivity contribution is 7.11. The summed E-state index contributed by atoms with van der Waals surface area (Å²) in [6, 6.07) is 4.25. The summed E-state index contributed by atoms with van der Waals surface area (Å²) in [5, 5.41) is 0. The van der Waals surface area contributed by atoms with Gasteiger partial charge in [-0.1, -0.05) is 0 Å². The summed E-state index contributed by atoms with van der Waals surface area (Å²) < 4.78 is 0. The maximum atomic E-state index is 5.49. The van der Waals surface area contributed by atoms with Crippen molar-refractivity contribution < 1.29 is 0 Å². The van der Waals surface area contributed by atoms with Crippen molar-refractivity contribution in [2.24, 2.45) is 5.73 Å². The molecular formula is C8H14N2S. The van der Waals surface area contributed by atoms with Gasteiger partial charge in [0.25, 0.3) is 0 Å². The van der Waals surface area contributed by atoms with Gasteiger partial charge in [-0.3, -0.25) is 0 Å². The lowest BCUT2D eigenvalue weighted by Crippen LogP contribution is -2.09. The van der Waals surface area contributed by atoms with E-state index in [1.807, 2.05) is 0 Å². The summed E-state index contributed by atoms with van der Waals surface area (Å²) in [7, 11) is 4.14. The molecule has 0 fully saturated rings. The van der Waals surface area contributed by atoms with E-state index in [0.717, 1.165) is 6.54 Å². The summed E-state index contributed by atoms with van der Waals surface area (Å²) in [5.41, 5.74) is 5.49. The standard InChI is InChI=1S/C8H14N2S/c1-10(2)6-8-4-3-7(5-9)11-8/h3-4H,5-6,9H2,1-2H3. The van der Waals surface area contributed by atoms with Crippen molar-refractivity contribution in [3.8, 4) is 0 Å². The van der Waals surface area contributed by atoms with Gasteiger partial charge in [-0.15, -0.1) is 11.3 Å². The molecule has 1 heterocycles. The number of hydrogen-bond acceptors (Lipinski definition) is 3. The third-order valence-electron chi connectivity index (χ3n) is 1.39. The Labute approximate surface area is 71.6 Å². The van der Waals surface area contributed by atoms with Crippen molar-refractivity contribution in [3.63, 3.8) is 0 Å². The Morgan fingerprint density at radius 3 is 2.45 bits per heavy atom. The molecular weight excluding hydrogens is 156 g/mol. The molecule has 1 aromatic rings. The third-order valence-corrected chi connectivity index (χ3v) is 2.48. The van der Waals surface area contributed by atoms with Gasteiger partial charge in [0.15, 0.2) is 0 Å². The van der Waals surface area contributed by atoms with Crippen molar-refractivity contribution in [1.29, 1.82) is 0 Å². The first kappa shape index (κ1) is 8.71. The normalized spacial score (nSPS) is 10.9. The zero-order valence-electron chi connectivity index (χ0n) is 7.00. The fraction of sp³-hybridized carbons (Fsp3) is 0.500. The Balaban J connectivity index is 2.58. The molecule has 0 amide bonds. The van der Waals surface area contributed by atoms with Crippen LogP contribution in [0.15, 0.2) is 12.1 Å². The van der Waals surface area contributed by atoms with Gasteiger partial charge in [-0.25, -0.2) is 0 Å². The number of nitrogens with two attached hydrogens (primary N) is 1. The minimum Gasteiger partial charge on any atom is -0.326 e. The van der Waals surface area contributed by atoms with Crippen LogP contribution in [0.1, 0.15) is 9.75 Å². The molecule has 2 nitrogen and oxygen atoms in total. The molecule has 0 aromatic carbocycles. The Morgan fingerprint density at radius 1 is 1.36 bits per heavy atom. The van der Waals surface area contributed by atoms with Crippen LogP contribution < -0.4 is 5.73 Å². The number of hydrogen-bond donors (Lipinski definition) is 1. The molecule has 1 rings (SSSR count). The Hall–Kier alpha value is -0.380. The maximum absolute atomic E-state index is 5.49. The zero-order chi connectivity index (χ0) is 8.27. The number of rotatable bonds is 3. The van der Waals surface area contributed by atoms with Crippen LogP contribution in [-0.2, 0) is 13.1 Å². The van der Waals surface area contributed by atoms with E-state index in [4.69, 9.17) is 5.73 Å². The Kier molecular flexibility index (Phi) is 3.05. The van der Waals surface area contributed by atoms with E-state index in [1.165, 1.54) is 9.75 Å². The smallest absolute Gasteiger partial charge is 0.0321 e. The zero-order valence-corrected chi connectivity index (χ0v) is 7.82. The molecule has 62 valence electrons. The van der Waals surface area contributed by atoms with Gasteiger partial charge in [0.1, 0.15) is 0 Å². The molecule has 0 aliphatic carbocycles. The second-order valence-corrected chi connectivity index (χ2v) is 4.06. The maximum Gasteiger partial charge on any atom is 0.0321 e. The average molecular weight is 170 g/mol. The number of thiophene rings is 1. The van der Waals surface area contributed by atoms with Gasteiger partial charge in [0, 0.05) is 22.8 Å². The average Bonchev–Trinajstić information content (AvgIpc) is 2.34. The lowest BCUT2D eigenvalue weighted by atomic mass is 10.4. The molecule has 11 heavy (non-hydrogen) atoms. The SMILES string of the molecule is CN(C)Cc1ccc(CN)s1. The first-order valence-electron chi connectivity index (χ1n) is 3.64. The molecule has 0 aliphatic heterocycles. The van der Waals surface area contributed by atoms with E-state index in [-0.39, 0.29) is 0 Å². The lowest BCUT2D eigenvalue weighted by Gasteiger charge is -2.05. The summed E-state index contributed by atoms with van der Waals surface area (Å²) in [4.78, 5) is 4.81. The highest BCUT2D eigenvalue weighted by Gasteiger charge is 1.98. The molecule has 0 radical (unpaired) electrons. The van der Waals surface area contributed by atoms with Gasteiger partial charge in [0.05, 0.1) is 0 Å². The molecule has 1 aromatic heterocycles. The first-order chi connectivity index (χ1) is 5.22. The minimum atomic E-state index is 0.665. The van der Waals surface area contributed by atoms with Crippen molar-refractivity contribution in [2.45, 2.75) is 13.1 Å². The second kappa shape index (κ2) is 3.85. The van der Waals surface area contributed by atoms with Crippen molar-refractivity contribution in [2.75, 3.05) is 14.1 Å². The van der Waals surface area contributed by atoms with E-state index in [1.54, 1.807) is 11.3 Å². The van der Waals surface area contributed by atoms with E-state index >= 15 is 0 Å². The summed E-state index contributed by atoms with van der Waals surface area (Å²) >= 11 is 1.79. The molecule has 3 heteroatoms. The first-order valence-corrected chi connectivity index (χ1v) is 4.46.